The van der Waals surface area contributed by atoms with Gasteiger partial charge in [-0.25, -0.2) is 9.78 Å². The van der Waals surface area contributed by atoms with Crippen molar-refractivity contribution in [2.75, 3.05) is 18.5 Å². The van der Waals surface area contributed by atoms with Crippen LogP contribution in [0.15, 0.2) is 48.7 Å². The van der Waals surface area contributed by atoms with Gasteiger partial charge in [0.25, 0.3) is 0 Å². The van der Waals surface area contributed by atoms with Crippen LogP contribution < -0.4 is 4.90 Å². The average molecular weight is 382 g/mol. The lowest BCUT2D eigenvalue weighted by Crippen LogP contribution is -2.37. The Morgan fingerprint density at radius 2 is 1.93 bits per heavy atom. The fourth-order valence-corrected chi connectivity index (χ4v) is 3.72. The summed E-state index contributed by atoms with van der Waals surface area (Å²) in [4.78, 5) is 21.2. The minimum Gasteiger partial charge on any atom is -0.443 e. The Labute approximate surface area is 168 Å². The molecule has 0 radical (unpaired) electrons. The van der Waals surface area contributed by atoms with E-state index in [9.17, 15) is 4.79 Å². The van der Waals surface area contributed by atoms with Gasteiger partial charge < -0.3 is 4.74 Å². The van der Waals surface area contributed by atoms with Crippen LogP contribution in [0.1, 0.15) is 57.2 Å². The Morgan fingerprint density at radius 3 is 2.64 bits per heavy atom. The van der Waals surface area contributed by atoms with Gasteiger partial charge in [-0.2, -0.15) is 0 Å². The van der Waals surface area contributed by atoms with E-state index in [4.69, 9.17) is 4.74 Å². The van der Waals surface area contributed by atoms with Crippen molar-refractivity contribution in [1.82, 2.24) is 9.88 Å². The molecule has 0 bridgehead atoms. The highest BCUT2D eigenvalue weighted by Gasteiger charge is 2.30. The van der Waals surface area contributed by atoms with Crippen molar-refractivity contribution in [1.29, 1.82) is 0 Å². The van der Waals surface area contributed by atoms with E-state index < -0.39 is 5.60 Å². The number of aromatic nitrogens is 1. The molecule has 2 heterocycles. The minimum absolute atomic E-state index is 0.238. The SMILES string of the molecule is CN(C(=O)OC(C)(C)C)c1ncccc1[C@@H]1CCCCN1Cc1ccccc1. The lowest BCUT2D eigenvalue weighted by molar-refractivity contribution is 0.0587. The maximum absolute atomic E-state index is 12.6. The van der Waals surface area contributed by atoms with Crippen LogP contribution in [0.5, 0.6) is 0 Å². The summed E-state index contributed by atoms with van der Waals surface area (Å²) in [5, 5.41) is 0. The number of piperidine rings is 1. The molecule has 0 aliphatic carbocycles. The Bertz CT molecular complexity index is 786. The lowest BCUT2D eigenvalue weighted by atomic mass is 9.94. The number of likely N-dealkylation sites (tertiary alicyclic amines) is 1. The number of hydrogen-bond donors (Lipinski definition) is 0. The molecule has 5 heteroatoms. The quantitative estimate of drug-likeness (QED) is 0.732. The molecule has 2 aromatic rings. The first-order valence-corrected chi connectivity index (χ1v) is 10.0. The van der Waals surface area contributed by atoms with E-state index in [0.29, 0.717) is 5.82 Å². The summed E-state index contributed by atoms with van der Waals surface area (Å²) in [7, 11) is 1.74. The molecule has 150 valence electrons. The summed E-state index contributed by atoms with van der Waals surface area (Å²) < 4.78 is 5.55. The molecule has 1 saturated heterocycles. The maximum atomic E-state index is 12.6. The maximum Gasteiger partial charge on any atom is 0.415 e. The fraction of sp³-hybridized carbons (Fsp3) is 0.478. The highest BCUT2D eigenvalue weighted by Crippen LogP contribution is 2.36. The van der Waals surface area contributed by atoms with E-state index in [-0.39, 0.29) is 12.1 Å². The second kappa shape index (κ2) is 8.74. The number of rotatable bonds is 4. The predicted octanol–water partition coefficient (Wildman–Crippen LogP) is 5.18. The van der Waals surface area contributed by atoms with E-state index in [2.05, 4.69) is 40.2 Å². The number of amides is 1. The fourth-order valence-electron chi connectivity index (χ4n) is 3.72. The summed E-state index contributed by atoms with van der Waals surface area (Å²) in [6.07, 6.45) is 4.80. The third kappa shape index (κ3) is 5.10. The standard InChI is InChI=1S/C23H31N3O2/c1-23(2,3)28-22(27)25(4)21-19(13-10-15-24-21)20-14-8-9-16-26(20)17-18-11-6-5-7-12-18/h5-7,10-13,15,20H,8-9,14,16-17H2,1-4H3/t20-/m0/s1. The third-order valence-corrected chi connectivity index (χ3v) is 5.00. The van der Waals surface area contributed by atoms with Gasteiger partial charge in [-0.05, 0) is 51.8 Å². The highest BCUT2D eigenvalue weighted by atomic mass is 16.6. The van der Waals surface area contributed by atoms with Crippen LogP contribution in [0.2, 0.25) is 0 Å². The molecule has 28 heavy (non-hydrogen) atoms. The van der Waals surface area contributed by atoms with Crippen LogP contribution in [-0.4, -0.2) is 35.2 Å². The highest BCUT2D eigenvalue weighted by molar-refractivity contribution is 5.87. The number of hydrogen-bond acceptors (Lipinski definition) is 4. The minimum atomic E-state index is -0.537. The Morgan fingerprint density at radius 1 is 1.18 bits per heavy atom. The zero-order valence-corrected chi connectivity index (χ0v) is 17.4. The summed E-state index contributed by atoms with van der Waals surface area (Å²) in [6, 6.07) is 14.8. The van der Waals surface area contributed by atoms with Gasteiger partial charge in [-0.1, -0.05) is 42.8 Å². The Balaban J connectivity index is 1.86. The van der Waals surface area contributed by atoms with Crippen LogP contribution in [0, 0.1) is 0 Å². The second-order valence-electron chi connectivity index (χ2n) is 8.42. The molecule has 1 aliphatic rings. The van der Waals surface area contributed by atoms with Crippen LogP contribution in [0.4, 0.5) is 10.6 Å². The molecular formula is C23H31N3O2. The first-order chi connectivity index (χ1) is 13.3. The molecule has 1 atom stereocenters. The average Bonchev–Trinajstić information content (AvgIpc) is 2.67. The molecule has 0 unspecified atom stereocenters. The molecular weight excluding hydrogens is 350 g/mol. The molecule has 1 fully saturated rings. The predicted molar refractivity (Wildman–Crippen MR) is 112 cm³/mol. The second-order valence-corrected chi connectivity index (χ2v) is 8.42. The largest absolute Gasteiger partial charge is 0.443 e. The molecule has 1 aliphatic heterocycles. The third-order valence-electron chi connectivity index (χ3n) is 5.00. The van der Waals surface area contributed by atoms with Crippen molar-refractivity contribution in [2.45, 2.75) is 58.2 Å². The zero-order chi connectivity index (χ0) is 20.1. The molecule has 5 nitrogen and oxygen atoms in total. The van der Waals surface area contributed by atoms with E-state index in [1.54, 1.807) is 13.2 Å². The molecule has 3 rings (SSSR count). The van der Waals surface area contributed by atoms with Crippen molar-refractivity contribution < 1.29 is 9.53 Å². The monoisotopic (exact) mass is 381 g/mol. The van der Waals surface area contributed by atoms with Gasteiger partial charge in [0.1, 0.15) is 11.4 Å². The van der Waals surface area contributed by atoms with Gasteiger partial charge in [0, 0.05) is 31.4 Å². The molecule has 0 saturated carbocycles. The number of nitrogens with zero attached hydrogens (tertiary/aromatic N) is 3. The molecule has 1 aromatic carbocycles. The van der Waals surface area contributed by atoms with E-state index in [0.717, 1.165) is 25.1 Å². The van der Waals surface area contributed by atoms with Crippen molar-refractivity contribution in [2.24, 2.45) is 0 Å². The van der Waals surface area contributed by atoms with Gasteiger partial charge in [0.2, 0.25) is 0 Å². The van der Waals surface area contributed by atoms with Crippen LogP contribution >= 0.6 is 0 Å². The van der Waals surface area contributed by atoms with E-state index in [1.807, 2.05) is 32.9 Å². The number of carbonyl (C=O) groups excluding carboxylic acids is 1. The van der Waals surface area contributed by atoms with Crippen molar-refractivity contribution in [3.63, 3.8) is 0 Å². The van der Waals surface area contributed by atoms with Crippen molar-refractivity contribution >= 4 is 11.9 Å². The topological polar surface area (TPSA) is 45.7 Å². The van der Waals surface area contributed by atoms with Gasteiger partial charge >= 0.3 is 6.09 Å². The van der Waals surface area contributed by atoms with Gasteiger partial charge in [0.05, 0.1) is 0 Å². The number of benzene rings is 1. The molecule has 1 amide bonds. The van der Waals surface area contributed by atoms with Gasteiger partial charge in [-0.3, -0.25) is 9.80 Å². The summed E-state index contributed by atoms with van der Waals surface area (Å²) >= 11 is 0. The normalized spacial score (nSPS) is 17.9. The van der Waals surface area contributed by atoms with Gasteiger partial charge in [0.15, 0.2) is 0 Å². The molecule has 1 aromatic heterocycles. The Kier molecular flexibility index (Phi) is 6.35. The zero-order valence-electron chi connectivity index (χ0n) is 17.4. The number of ether oxygens (including phenoxy) is 1. The first-order valence-electron chi connectivity index (χ1n) is 10.0. The Hall–Kier alpha value is -2.40. The summed E-state index contributed by atoms with van der Waals surface area (Å²) in [5.74, 6) is 0.682. The van der Waals surface area contributed by atoms with Crippen LogP contribution in [0.25, 0.3) is 0 Å². The first kappa shape index (κ1) is 20.3. The van der Waals surface area contributed by atoms with Crippen LogP contribution in [0.3, 0.4) is 0 Å². The van der Waals surface area contributed by atoms with Crippen LogP contribution in [-0.2, 0) is 11.3 Å². The van der Waals surface area contributed by atoms with E-state index >= 15 is 0 Å². The lowest BCUT2D eigenvalue weighted by Gasteiger charge is -2.37. The summed E-state index contributed by atoms with van der Waals surface area (Å²) in [5.41, 5.74) is 1.86. The smallest absolute Gasteiger partial charge is 0.415 e. The van der Waals surface area contributed by atoms with Crippen molar-refractivity contribution in [3.05, 3.63) is 59.8 Å². The van der Waals surface area contributed by atoms with Crippen molar-refractivity contribution in [3.8, 4) is 0 Å². The number of anilines is 1. The molecule has 0 spiro atoms. The number of pyridine rings is 1. The van der Waals surface area contributed by atoms with Gasteiger partial charge in [-0.15, -0.1) is 0 Å². The summed E-state index contributed by atoms with van der Waals surface area (Å²) in [6.45, 7) is 7.57. The number of carbonyl (C=O) groups is 1. The van der Waals surface area contributed by atoms with E-state index in [1.165, 1.54) is 23.3 Å². The molecule has 0 N–H and O–H groups in total.